The largest absolute Gasteiger partial charge is 0.435 e. The molecule has 11 heavy (non-hydrogen) atoms. The van der Waals surface area contributed by atoms with Crippen molar-refractivity contribution in [3.05, 3.63) is 14.8 Å². The molecule has 0 aromatic carbocycles. The Labute approximate surface area is 84.5 Å². The Morgan fingerprint density at radius 1 is 1.45 bits per heavy atom. The summed E-state index contributed by atoms with van der Waals surface area (Å²) >= 11 is 7.82. The van der Waals surface area contributed by atoms with E-state index >= 15 is 0 Å². The predicted octanol–water partition coefficient (Wildman–Crippen LogP) is 3.23. The average molecular weight is 286 g/mol. The van der Waals surface area contributed by atoms with Gasteiger partial charge in [-0.3, -0.25) is 0 Å². The summed E-state index contributed by atoms with van der Waals surface area (Å²) in [6.45, 7) is 6.11. The summed E-state index contributed by atoms with van der Waals surface area (Å²) in [7, 11) is 0. The number of hydrogen-bond donors (Lipinski definition) is 0. The standard InChI is InChI=1S/C7H9ClINO/c1-7(2,3)4-5(8)10-6(9)11-4/h1-3H3. The van der Waals surface area contributed by atoms with Crippen LogP contribution >= 0.6 is 34.2 Å². The molecule has 0 fully saturated rings. The third-order valence-electron chi connectivity index (χ3n) is 1.24. The first-order valence-corrected chi connectivity index (χ1v) is 4.69. The van der Waals surface area contributed by atoms with E-state index in [-0.39, 0.29) is 5.41 Å². The second kappa shape index (κ2) is 2.94. The van der Waals surface area contributed by atoms with Crippen molar-refractivity contribution in [1.82, 2.24) is 4.98 Å². The maximum Gasteiger partial charge on any atom is 0.258 e. The number of nitrogens with zero attached hydrogens (tertiary/aromatic N) is 1. The van der Waals surface area contributed by atoms with Crippen molar-refractivity contribution in [3.8, 4) is 0 Å². The van der Waals surface area contributed by atoms with Crippen LogP contribution in [-0.2, 0) is 5.41 Å². The van der Waals surface area contributed by atoms with Gasteiger partial charge in [0.2, 0.25) is 0 Å². The third-order valence-corrected chi connectivity index (χ3v) is 1.96. The van der Waals surface area contributed by atoms with Crippen LogP contribution in [0.4, 0.5) is 0 Å². The van der Waals surface area contributed by atoms with Gasteiger partial charge in [0.05, 0.1) is 0 Å². The fraction of sp³-hybridized carbons (Fsp3) is 0.571. The molecule has 0 aliphatic rings. The quantitative estimate of drug-likeness (QED) is 0.684. The van der Waals surface area contributed by atoms with Gasteiger partial charge >= 0.3 is 0 Å². The molecule has 0 spiro atoms. The Kier molecular flexibility index (Phi) is 2.49. The van der Waals surface area contributed by atoms with Crippen molar-refractivity contribution < 1.29 is 4.42 Å². The van der Waals surface area contributed by atoms with E-state index in [9.17, 15) is 0 Å². The van der Waals surface area contributed by atoms with Gasteiger partial charge in [-0.15, -0.1) is 0 Å². The van der Waals surface area contributed by atoms with Gasteiger partial charge in [0.25, 0.3) is 3.90 Å². The van der Waals surface area contributed by atoms with Crippen molar-refractivity contribution in [1.29, 1.82) is 0 Å². The lowest BCUT2D eigenvalue weighted by Gasteiger charge is -2.13. The monoisotopic (exact) mass is 285 g/mol. The van der Waals surface area contributed by atoms with Crippen LogP contribution in [0.3, 0.4) is 0 Å². The zero-order valence-electron chi connectivity index (χ0n) is 6.61. The lowest BCUT2D eigenvalue weighted by molar-refractivity contribution is 0.393. The van der Waals surface area contributed by atoms with Crippen LogP contribution in [0.5, 0.6) is 0 Å². The van der Waals surface area contributed by atoms with E-state index in [4.69, 9.17) is 16.0 Å². The van der Waals surface area contributed by atoms with Crippen LogP contribution < -0.4 is 0 Å². The van der Waals surface area contributed by atoms with Crippen LogP contribution in [-0.4, -0.2) is 4.98 Å². The summed E-state index contributed by atoms with van der Waals surface area (Å²) < 4.78 is 5.92. The molecule has 0 saturated carbocycles. The summed E-state index contributed by atoms with van der Waals surface area (Å²) in [5, 5.41) is 0.474. The van der Waals surface area contributed by atoms with E-state index < -0.39 is 0 Å². The maximum atomic E-state index is 5.82. The molecule has 0 N–H and O–H groups in total. The highest BCUT2D eigenvalue weighted by Gasteiger charge is 2.23. The molecule has 0 unspecified atom stereocenters. The molecule has 0 saturated heterocycles. The van der Waals surface area contributed by atoms with E-state index in [0.717, 1.165) is 5.76 Å². The summed E-state index contributed by atoms with van der Waals surface area (Å²) in [6.07, 6.45) is 0. The van der Waals surface area contributed by atoms with Crippen LogP contribution in [0, 0.1) is 3.90 Å². The van der Waals surface area contributed by atoms with Crippen LogP contribution in [0.25, 0.3) is 0 Å². The van der Waals surface area contributed by atoms with Gasteiger partial charge in [-0.2, -0.15) is 4.98 Å². The molecule has 1 heterocycles. The van der Waals surface area contributed by atoms with Gasteiger partial charge in [-0.25, -0.2) is 0 Å². The Hall–Kier alpha value is 0.230. The minimum Gasteiger partial charge on any atom is -0.435 e. The van der Waals surface area contributed by atoms with Gasteiger partial charge in [0, 0.05) is 28.0 Å². The minimum atomic E-state index is -0.0620. The second-order valence-electron chi connectivity index (χ2n) is 3.34. The van der Waals surface area contributed by atoms with Crippen molar-refractivity contribution >= 4 is 34.2 Å². The topological polar surface area (TPSA) is 26.0 Å². The van der Waals surface area contributed by atoms with E-state index in [0.29, 0.717) is 9.05 Å². The molecule has 0 bridgehead atoms. The molecule has 1 rings (SSSR count). The lowest BCUT2D eigenvalue weighted by Crippen LogP contribution is -2.10. The van der Waals surface area contributed by atoms with Crippen molar-refractivity contribution in [2.45, 2.75) is 26.2 Å². The second-order valence-corrected chi connectivity index (χ2v) is 4.62. The SMILES string of the molecule is CC(C)(C)c1oc(I)nc1Cl. The first-order chi connectivity index (χ1) is 4.91. The highest BCUT2D eigenvalue weighted by Crippen LogP contribution is 2.30. The Balaban J connectivity index is 3.13. The van der Waals surface area contributed by atoms with Gasteiger partial charge in [0.1, 0.15) is 5.76 Å². The maximum absolute atomic E-state index is 5.82. The van der Waals surface area contributed by atoms with E-state index in [2.05, 4.69) is 4.98 Å². The molecule has 4 heteroatoms. The molecular weight excluding hydrogens is 276 g/mol. The molecule has 0 atom stereocenters. The molecule has 0 radical (unpaired) electrons. The van der Waals surface area contributed by atoms with E-state index in [1.165, 1.54) is 0 Å². The summed E-state index contributed by atoms with van der Waals surface area (Å²) in [5.41, 5.74) is -0.0620. The molecule has 62 valence electrons. The normalized spacial score (nSPS) is 12.1. The highest BCUT2D eigenvalue weighted by atomic mass is 127. The number of halogens is 2. The van der Waals surface area contributed by atoms with E-state index in [1.54, 1.807) is 0 Å². The van der Waals surface area contributed by atoms with Crippen molar-refractivity contribution in [2.75, 3.05) is 0 Å². The summed E-state index contributed by atoms with van der Waals surface area (Å²) in [5.74, 6) is 0.753. The zero-order valence-corrected chi connectivity index (χ0v) is 9.52. The summed E-state index contributed by atoms with van der Waals surface area (Å²) in [6, 6.07) is 0. The highest BCUT2D eigenvalue weighted by molar-refractivity contribution is 14.1. The van der Waals surface area contributed by atoms with Gasteiger partial charge in [-0.1, -0.05) is 32.4 Å². The Morgan fingerprint density at radius 3 is 2.18 bits per heavy atom. The van der Waals surface area contributed by atoms with Gasteiger partial charge in [-0.05, 0) is 0 Å². The van der Waals surface area contributed by atoms with Crippen LogP contribution in [0.15, 0.2) is 4.42 Å². The molecule has 1 aromatic rings. The minimum absolute atomic E-state index is 0.0620. The van der Waals surface area contributed by atoms with Crippen molar-refractivity contribution in [2.24, 2.45) is 0 Å². The fourth-order valence-electron chi connectivity index (χ4n) is 0.740. The van der Waals surface area contributed by atoms with Crippen molar-refractivity contribution in [3.63, 3.8) is 0 Å². The lowest BCUT2D eigenvalue weighted by atomic mass is 9.94. The van der Waals surface area contributed by atoms with E-state index in [1.807, 2.05) is 43.4 Å². The average Bonchev–Trinajstić information content (AvgIpc) is 2.08. The molecule has 0 aliphatic carbocycles. The van der Waals surface area contributed by atoms with Gasteiger partial charge < -0.3 is 4.42 Å². The van der Waals surface area contributed by atoms with Gasteiger partial charge in [0.15, 0.2) is 5.15 Å². The number of oxazole rings is 1. The Bertz CT molecular complexity index is 264. The number of rotatable bonds is 0. The third kappa shape index (κ3) is 2.08. The zero-order chi connectivity index (χ0) is 8.65. The first kappa shape index (κ1) is 9.32. The van der Waals surface area contributed by atoms with Crippen LogP contribution in [0.2, 0.25) is 5.15 Å². The Morgan fingerprint density at radius 2 is 2.00 bits per heavy atom. The van der Waals surface area contributed by atoms with Crippen LogP contribution in [0.1, 0.15) is 26.5 Å². The molecule has 2 nitrogen and oxygen atoms in total. The molecular formula is C7H9ClINO. The number of aromatic nitrogens is 1. The smallest absolute Gasteiger partial charge is 0.258 e. The molecule has 0 aliphatic heterocycles. The predicted molar refractivity (Wildman–Crippen MR) is 52.9 cm³/mol. The first-order valence-electron chi connectivity index (χ1n) is 3.23. The fourth-order valence-corrected chi connectivity index (χ4v) is 1.74. The summed E-state index contributed by atoms with van der Waals surface area (Å²) in [4.78, 5) is 3.96. The molecule has 0 amide bonds. The molecule has 1 aromatic heterocycles. The number of hydrogen-bond acceptors (Lipinski definition) is 2.